The Morgan fingerprint density at radius 1 is 1.27 bits per heavy atom. The number of carbonyl (C=O) groups excluding carboxylic acids is 1. The van der Waals surface area contributed by atoms with E-state index in [9.17, 15) is 4.79 Å². The average Bonchev–Trinajstić information content (AvgIpc) is 2.93. The molecule has 1 aromatic carbocycles. The minimum absolute atomic E-state index is 0.332. The van der Waals surface area contributed by atoms with E-state index in [0.717, 1.165) is 0 Å². The van der Waals surface area contributed by atoms with Crippen molar-refractivity contribution >= 4 is 40.0 Å². The molecule has 0 unspecified atom stereocenters. The number of benzene rings is 1. The lowest BCUT2D eigenvalue weighted by Gasteiger charge is -1.96. The molecule has 0 aliphatic heterocycles. The summed E-state index contributed by atoms with van der Waals surface area (Å²) < 4.78 is 0. The Hall–Kier alpha value is -0.280. The van der Waals surface area contributed by atoms with Gasteiger partial charge in [0.25, 0.3) is 5.24 Å². The zero-order chi connectivity index (χ0) is 11.4. The zero-order valence-corrected chi connectivity index (χ0v) is 10.1. The van der Waals surface area contributed by atoms with Gasteiger partial charge in [0, 0.05) is 11.6 Å². The lowest BCUT2D eigenvalue weighted by atomic mass is 10.2. The summed E-state index contributed by atoms with van der Waals surface area (Å²) in [6.45, 7) is 0. The third-order valence-corrected chi connectivity index (χ3v) is 2.73. The summed E-state index contributed by atoms with van der Waals surface area (Å²) in [6.07, 6.45) is 2.53. The van der Waals surface area contributed by atoms with Gasteiger partial charge in [0.1, 0.15) is 0 Å². The van der Waals surface area contributed by atoms with Crippen LogP contribution in [0.1, 0.15) is 23.2 Å². The Morgan fingerprint density at radius 3 is 2.13 bits per heavy atom. The van der Waals surface area contributed by atoms with Gasteiger partial charge in [0.05, 0.1) is 10.0 Å². The Morgan fingerprint density at radius 2 is 1.80 bits per heavy atom. The smallest absolute Gasteiger partial charge is 0.252 e. The number of nitrogens with two attached hydrogens (primary N) is 1. The van der Waals surface area contributed by atoms with Gasteiger partial charge in [-0.3, -0.25) is 4.79 Å². The molecule has 0 amide bonds. The Bertz CT molecular complexity index is 364. The van der Waals surface area contributed by atoms with Gasteiger partial charge < -0.3 is 5.73 Å². The summed E-state index contributed by atoms with van der Waals surface area (Å²) in [5, 5.41) is 0.204. The van der Waals surface area contributed by atoms with Crippen LogP contribution in [0, 0.1) is 0 Å². The van der Waals surface area contributed by atoms with E-state index in [0.29, 0.717) is 21.7 Å². The maximum absolute atomic E-state index is 10.6. The Kier molecular flexibility index (Phi) is 4.87. The quantitative estimate of drug-likeness (QED) is 0.791. The van der Waals surface area contributed by atoms with Gasteiger partial charge in [-0.05, 0) is 42.6 Å². The van der Waals surface area contributed by atoms with Crippen LogP contribution in [0.25, 0.3) is 0 Å². The normalized spacial score (nSPS) is 14.1. The molecule has 1 aromatic rings. The third-order valence-electron chi connectivity index (χ3n) is 1.77. The minimum Gasteiger partial charge on any atom is -0.328 e. The summed E-state index contributed by atoms with van der Waals surface area (Å²) >= 11 is 16.4. The lowest BCUT2D eigenvalue weighted by molar-refractivity contribution is 0.108. The summed E-state index contributed by atoms with van der Waals surface area (Å²) in [4.78, 5) is 10.6. The molecule has 1 saturated carbocycles. The lowest BCUT2D eigenvalue weighted by Crippen LogP contribution is -1.94. The van der Waals surface area contributed by atoms with E-state index in [-0.39, 0.29) is 0 Å². The van der Waals surface area contributed by atoms with Gasteiger partial charge >= 0.3 is 0 Å². The molecular formula is C10H10Cl3NO. The second kappa shape index (κ2) is 5.71. The minimum atomic E-state index is -0.538. The molecular weight excluding hydrogens is 256 g/mol. The number of halogens is 3. The van der Waals surface area contributed by atoms with Gasteiger partial charge in [0.15, 0.2) is 0 Å². The van der Waals surface area contributed by atoms with Crippen molar-refractivity contribution in [1.29, 1.82) is 0 Å². The van der Waals surface area contributed by atoms with Crippen LogP contribution in [0.2, 0.25) is 10.0 Å². The van der Waals surface area contributed by atoms with Gasteiger partial charge in [-0.25, -0.2) is 0 Å². The van der Waals surface area contributed by atoms with Gasteiger partial charge in [-0.2, -0.15) is 0 Å². The molecule has 0 heterocycles. The highest BCUT2D eigenvalue weighted by Gasteiger charge is 2.13. The van der Waals surface area contributed by atoms with E-state index >= 15 is 0 Å². The SMILES string of the molecule is NC1CC1.O=C(Cl)c1ccc(Cl)c(Cl)c1. The van der Waals surface area contributed by atoms with Gasteiger partial charge in [0.2, 0.25) is 0 Å². The first-order valence-corrected chi connectivity index (χ1v) is 5.54. The molecule has 2 N–H and O–H groups in total. The maximum Gasteiger partial charge on any atom is 0.252 e. The molecule has 0 saturated heterocycles. The second-order valence-electron chi connectivity index (χ2n) is 3.24. The fraction of sp³-hybridized carbons (Fsp3) is 0.300. The first kappa shape index (κ1) is 12.8. The van der Waals surface area contributed by atoms with Crippen molar-refractivity contribution in [2.75, 3.05) is 0 Å². The van der Waals surface area contributed by atoms with Crippen LogP contribution in [0.5, 0.6) is 0 Å². The number of hydrogen-bond acceptors (Lipinski definition) is 2. The van der Waals surface area contributed by atoms with Crippen molar-refractivity contribution in [3.05, 3.63) is 33.8 Å². The van der Waals surface area contributed by atoms with Crippen LogP contribution >= 0.6 is 34.8 Å². The highest BCUT2D eigenvalue weighted by molar-refractivity contribution is 6.67. The van der Waals surface area contributed by atoms with Crippen molar-refractivity contribution in [1.82, 2.24) is 0 Å². The molecule has 0 radical (unpaired) electrons. The highest BCUT2D eigenvalue weighted by atomic mass is 35.5. The Balaban J connectivity index is 0.000000234. The topological polar surface area (TPSA) is 43.1 Å². The molecule has 15 heavy (non-hydrogen) atoms. The van der Waals surface area contributed by atoms with Gasteiger partial charge in [-0.15, -0.1) is 0 Å². The predicted molar refractivity (Wildman–Crippen MR) is 63.9 cm³/mol. The van der Waals surface area contributed by atoms with Crippen LogP contribution in [0.4, 0.5) is 0 Å². The molecule has 0 atom stereocenters. The number of hydrogen-bond donors (Lipinski definition) is 1. The monoisotopic (exact) mass is 265 g/mol. The molecule has 2 nitrogen and oxygen atoms in total. The van der Waals surface area contributed by atoms with Crippen LogP contribution in [0.3, 0.4) is 0 Å². The van der Waals surface area contributed by atoms with E-state index in [1.807, 2.05) is 0 Å². The van der Waals surface area contributed by atoms with E-state index in [2.05, 4.69) is 0 Å². The van der Waals surface area contributed by atoms with Crippen molar-refractivity contribution < 1.29 is 4.79 Å². The molecule has 0 aromatic heterocycles. The highest BCUT2D eigenvalue weighted by Crippen LogP contribution is 2.23. The van der Waals surface area contributed by atoms with E-state index in [4.69, 9.17) is 40.5 Å². The van der Waals surface area contributed by atoms with Crippen LogP contribution < -0.4 is 5.73 Å². The molecule has 1 fully saturated rings. The number of rotatable bonds is 1. The van der Waals surface area contributed by atoms with Crippen molar-refractivity contribution in [3.8, 4) is 0 Å². The maximum atomic E-state index is 10.6. The first-order valence-electron chi connectivity index (χ1n) is 4.41. The van der Waals surface area contributed by atoms with Crippen LogP contribution in [-0.2, 0) is 0 Å². The van der Waals surface area contributed by atoms with Crippen molar-refractivity contribution in [2.24, 2.45) is 5.73 Å². The van der Waals surface area contributed by atoms with Crippen molar-refractivity contribution in [3.63, 3.8) is 0 Å². The predicted octanol–water partition coefficient (Wildman–Crippen LogP) is 3.48. The average molecular weight is 267 g/mol. The fourth-order valence-electron chi connectivity index (χ4n) is 0.715. The summed E-state index contributed by atoms with van der Waals surface area (Å²) in [6, 6.07) is 5.06. The molecule has 2 rings (SSSR count). The summed E-state index contributed by atoms with van der Waals surface area (Å²) in [5.41, 5.74) is 5.57. The molecule has 0 bridgehead atoms. The van der Waals surface area contributed by atoms with E-state index in [1.165, 1.54) is 31.0 Å². The summed E-state index contributed by atoms with van der Waals surface area (Å²) in [7, 11) is 0. The zero-order valence-electron chi connectivity index (χ0n) is 7.84. The standard InChI is InChI=1S/C7H3Cl3O.C3H7N/c8-5-2-1-4(7(10)11)3-6(5)9;4-3-1-2-3/h1-3H;3H,1-2,4H2. The fourth-order valence-corrected chi connectivity index (χ4v) is 1.13. The molecule has 0 spiro atoms. The van der Waals surface area contributed by atoms with Crippen molar-refractivity contribution in [2.45, 2.75) is 18.9 Å². The summed E-state index contributed by atoms with van der Waals surface area (Å²) in [5.74, 6) is 0. The molecule has 5 heteroatoms. The third kappa shape index (κ3) is 4.85. The van der Waals surface area contributed by atoms with Crippen LogP contribution in [-0.4, -0.2) is 11.3 Å². The van der Waals surface area contributed by atoms with E-state index in [1.54, 1.807) is 0 Å². The first-order chi connectivity index (χ1) is 7.00. The largest absolute Gasteiger partial charge is 0.328 e. The number of carbonyl (C=O) groups is 1. The Labute approximate surface area is 103 Å². The molecule has 1 aliphatic rings. The molecule has 1 aliphatic carbocycles. The van der Waals surface area contributed by atoms with E-state index < -0.39 is 5.24 Å². The molecule has 82 valence electrons. The van der Waals surface area contributed by atoms with Crippen LogP contribution in [0.15, 0.2) is 18.2 Å². The van der Waals surface area contributed by atoms with Gasteiger partial charge in [-0.1, -0.05) is 23.2 Å². The second-order valence-corrected chi connectivity index (χ2v) is 4.40.